The highest BCUT2D eigenvalue weighted by Crippen LogP contribution is 2.29. The molecule has 0 bridgehead atoms. The summed E-state index contributed by atoms with van der Waals surface area (Å²) in [7, 11) is 0. The van der Waals surface area contributed by atoms with Crippen molar-refractivity contribution in [3.05, 3.63) is 41.7 Å². The minimum absolute atomic E-state index is 0.0415. The van der Waals surface area contributed by atoms with Crippen LogP contribution in [-0.2, 0) is 11.3 Å². The number of hydrogen-bond acceptors (Lipinski definition) is 5. The predicted octanol–water partition coefficient (Wildman–Crippen LogP) is 2.86. The SMILES string of the molecule is N#Cc1nnn(CCCCOc2ccccc2)c1C1CCCO1. The summed E-state index contributed by atoms with van der Waals surface area (Å²) in [6, 6.07) is 11.9. The molecule has 23 heavy (non-hydrogen) atoms. The van der Waals surface area contributed by atoms with Crippen LogP contribution in [0.2, 0.25) is 0 Å². The van der Waals surface area contributed by atoms with Crippen LogP contribution in [0.15, 0.2) is 30.3 Å². The molecule has 120 valence electrons. The van der Waals surface area contributed by atoms with Crippen LogP contribution in [0.5, 0.6) is 5.75 Å². The van der Waals surface area contributed by atoms with Gasteiger partial charge in [-0.15, -0.1) is 5.10 Å². The summed E-state index contributed by atoms with van der Waals surface area (Å²) in [5.41, 5.74) is 1.21. The molecular formula is C17H20N4O2. The Bertz CT molecular complexity index is 657. The number of hydrogen-bond donors (Lipinski definition) is 0. The molecule has 1 aliphatic heterocycles. The predicted molar refractivity (Wildman–Crippen MR) is 83.8 cm³/mol. The van der Waals surface area contributed by atoms with E-state index in [1.54, 1.807) is 0 Å². The molecule has 0 amide bonds. The van der Waals surface area contributed by atoms with Crippen molar-refractivity contribution >= 4 is 0 Å². The fourth-order valence-corrected chi connectivity index (χ4v) is 2.75. The maximum Gasteiger partial charge on any atom is 0.188 e. The van der Waals surface area contributed by atoms with E-state index in [9.17, 15) is 5.26 Å². The molecule has 2 heterocycles. The Morgan fingerprint density at radius 3 is 2.91 bits per heavy atom. The molecule has 1 aromatic heterocycles. The van der Waals surface area contributed by atoms with Gasteiger partial charge < -0.3 is 9.47 Å². The molecule has 0 spiro atoms. The third kappa shape index (κ3) is 3.88. The number of nitrogens with zero attached hydrogens (tertiary/aromatic N) is 4. The van der Waals surface area contributed by atoms with Gasteiger partial charge in [-0.25, -0.2) is 4.68 Å². The topological polar surface area (TPSA) is 73.0 Å². The highest BCUT2D eigenvalue weighted by molar-refractivity contribution is 5.27. The maximum atomic E-state index is 9.19. The minimum Gasteiger partial charge on any atom is -0.494 e. The molecule has 1 aromatic carbocycles. The van der Waals surface area contributed by atoms with Gasteiger partial charge in [0.15, 0.2) is 5.69 Å². The third-order valence-electron chi connectivity index (χ3n) is 3.89. The molecule has 0 saturated carbocycles. The van der Waals surface area contributed by atoms with Crippen LogP contribution in [0.4, 0.5) is 0 Å². The molecule has 1 atom stereocenters. The van der Waals surface area contributed by atoms with Crippen molar-refractivity contribution in [3.63, 3.8) is 0 Å². The maximum absolute atomic E-state index is 9.19. The zero-order valence-corrected chi connectivity index (χ0v) is 13.0. The van der Waals surface area contributed by atoms with Crippen molar-refractivity contribution in [1.82, 2.24) is 15.0 Å². The van der Waals surface area contributed by atoms with Crippen molar-refractivity contribution in [2.75, 3.05) is 13.2 Å². The van der Waals surface area contributed by atoms with E-state index in [0.717, 1.165) is 50.3 Å². The Morgan fingerprint density at radius 1 is 1.30 bits per heavy atom. The second-order valence-corrected chi connectivity index (χ2v) is 5.53. The summed E-state index contributed by atoms with van der Waals surface area (Å²) < 4.78 is 13.2. The fraction of sp³-hybridized carbons (Fsp3) is 0.471. The van der Waals surface area contributed by atoms with E-state index < -0.39 is 0 Å². The Labute approximate surface area is 135 Å². The third-order valence-corrected chi connectivity index (χ3v) is 3.89. The van der Waals surface area contributed by atoms with Gasteiger partial charge in [-0.1, -0.05) is 23.4 Å². The number of para-hydroxylation sites is 1. The van der Waals surface area contributed by atoms with E-state index in [1.807, 2.05) is 35.0 Å². The van der Waals surface area contributed by atoms with Crippen LogP contribution < -0.4 is 4.74 Å². The average Bonchev–Trinajstić information content (AvgIpc) is 3.24. The van der Waals surface area contributed by atoms with Crippen molar-refractivity contribution in [2.24, 2.45) is 0 Å². The summed E-state index contributed by atoms with van der Waals surface area (Å²) in [6.07, 6.45) is 3.74. The van der Waals surface area contributed by atoms with Crippen molar-refractivity contribution in [3.8, 4) is 11.8 Å². The lowest BCUT2D eigenvalue weighted by Gasteiger charge is -2.12. The van der Waals surface area contributed by atoms with E-state index in [4.69, 9.17) is 9.47 Å². The quantitative estimate of drug-likeness (QED) is 0.735. The van der Waals surface area contributed by atoms with Gasteiger partial charge in [-0.05, 0) is 37.8 Å². The molecule has 1 saturated heterocycles. The Hall–Kier alpha value is -2.39. The fourth-order valence-electron chi connectivity index (χ4n) is 2.75. The van der Waals surface area contributed by atoms with Gasteiger partial charge in [0.05, 0.1) is 6.61 Å². The second-order valence-electron chi connectivity index (χ2n) is 5.53. The Balaban J connectivity index is 1.50. The van der Waals surface area contributed by atoms with Gasteiger partial charge in [-0.2, -0.15) is 5.26 Å². The summed E-state index contributed by atoms with van der Waals surface area (Å²) in [5, 5.41) is 17.3. The molecule has 1 fully saturated rings. The van der Waals surface area contributed by atoms with Gasteiger partial charge in [0.1, 0.15) is 23.6 Å². The first kappa shape index (κ1) is 15.5. The van der Waals surface area contributed by atoms with E-state index in [1.165, 1.54) is 0 Å². The first-order valence-corrected chi connectivity index (χ1v) is 8.01. The number of aryl methyl sites for hydroxylation is 1. The molecule has 1 aliphatic rings. The molecule has 2 aromatic rings. The molecule has 6 heteroatoms. The second kappa shape index (κ2) is 7.75. The monoisotopic (exact) mass is 312 g/mol. The van der Waals surface area contributed by atoms with Gasteiger partial charge in [0, 0.05) is 13.2 Å². The number of aromatic nitrogens is 3. The normalized spacial score (nSPS) is 17.1. The zero-order valence-electron chi connectivity index (χ0n) is 13.0. The van der Waals surface area contributed by atoms with E-state index >= 15 is 0 Å². The zero-order chi connectivity index (χ0) is 15.9. The van der Waals surface area contributed by atoms with Crippen LogP contribution in [0.25, 0.3) is 0 Å². The average molecular weight is 312 g/mol. The van der Waals surface area contributed by atoms with Crippen LogP contribution in [0, 0.1) is 11.3 Å². The lowest BCUT2D eigenvalue weighted by atomic mass is 10.1. The van der Waals surface area contributed by atoms with Crippen LogP contribution in [0.1, 0.15) is 43.2 Å². The van der Waals surface area contributed by atoms with E-state index in [0.29, 0.717) is 12.3 Å². The van der Waals surface area contributed by atoms with Crippen LogP contribution in [0.3, 0.4) is 0 Å². The number of benzene rings is 1. The smallest absolute Gasteiger partial charge is 0.188 e. The largest absolute Gasteiger partial charge is 0.494 e. The standard InChI is InChI=1S/C17H20N4O2/c18-13-15-17(16-9-6-12-23-16)21(20-19-15)10-4-5-11-22-14-7-2-1-3-8-14/h1-3,7-8,16H,4-6,9-12H2. The molecular weight excluding hydrogens is 292 g/mol. The van der Waals surface area contributed by atoms with Gasteiger partial charge >= 0.3 is 0 Å². The summed E-state index contributed by atoms with van der Waals surface area (Å²) in [5.74, 6) is 0.889. The molecule has 0 N–H and O–H groups in total. The summed E-state index contributed by atoms with van der Waals surface area (Å²) in [6.45, 7) is 2.13. The highest BCUT2D eigenvalue weighted by Gasteiger charge is 2.26. The van der Waals surface area contributed by atoms with Crippen molar-refractivity contribution < 1.29 is 9.47 Å². The first-order valence-electron chi connectivity index (χ1n) is 8.01. The molecule has 0 aliphatic carbocycles. The highest BCUT2D eigenvalue weighted by atomic mass is 16.5. The molecule has 1 unspecified atom stereocenters. The first-order chi connectivity index (χ1) is 11.4. The summed E-state index contributed by atoms with van der Waals surface area (Å²) >= 11 is 0. The van der Waals surface area contributed by atoms with E-state index in [2.05, 4.69) is 16.4 Å². The molecule has 3 rings (SSSR count). The Morgan fingerprint density at radius 2 is 2.17 bits per heavy atom. The van der Waals surface area contributed by atoms with Gasteiger partial charge in [0.2, 0.25) is 0 Å². The summed E-state index contributed by atoms with van der Waals surface area (Å²) in [4.78, 5) is 0. The number of rotatable bonds is 7. The van der Waals surface area contributed by atoms with E-state index in [-0.39, 0.29) is 6.10 Å². The molecule has 0 radical (unpaired) electrons. The lowest BCUT2D eigenvalue weighted by molar-refractivity contribution is 0.104. The molecule has 6 nitrogen and oxygen atoms in total. The van der Waals surface area contributed by atoms with Gasteiger partial charge in [0.25, 0.3) is 0 Å². The number of ether oxygens (including phenoxy) is 2. The Kier molecular flexibility index (Phi) is 5.22. The number of unbranched alkanes of at least 4 members (excludes halogenated alkanes) is 1. The van der Waals surface area contributed by atoms with Crippen LogP contribution in [-0.4, -0.2) is 28.2 Å². The number of nitriles is 1. The van der Waals surface area contributed by atoms with Crippen molar-refractivity contribution in [1.29, 1.82) is 5.26 Å². The van der Waals surface area contributed by atoms with Crippen molar-refractivity contribution in [2.45, 2.75) is 38.3 Å². The van der Waals surface area contributed by atoms with Gasteiger partial charge in [-0.3, -0.25) is 0 Å². The lowest BCUT2D eigenvalue weighted by Crippen LogP contribution is -2.11. The minimum atomic E-state index is -0.0415. The van der Waals surface area contributed by atoms with Crippen LogP contribution >= 0.6 is 0 Å².